The molecule has 1 aliphatic carbocycles. The third-order valence-corrected chi connectivity index (χ3v) is 2.95. The predicted molar refractivity (Wildman–Crippen MR) is 56.6 cm³/mol. The Morgan fingerprint density at radius 2 is 2.21 bits per heavy atom. The molecule has 0 radical (unpaired) electrons. The zero-order valence-corrected chi connectivity index (χ0v) is 8.26. The number of nitrogens with two attached hydrogens (primary N) is 1. The number of nitrogens with one attached hydrogen (secondary N) is 1. The Hall–Kier alpha value is -1.25. The molecule has 1 saturated carbocycles. The van der Waals surface area contributed by atoms with Gasteiger partial charge in [-0.05, 0) is 37.0 Å². The van der Waals surface area contributed by atoms with E-state index in [-0.39, 0.29) is 5.82 Å². The molecule has 0 spiro atoms. The van der Waals surface area contributed by atoms with Gasteiger partial charge in [0.1, 0.15) is 5.82 Å². The molecule has 14 heavy (non-hydrogen) atoms. The number of rotatable bonds is 2. The first-order chi connectivity index (χ1) is 6.66. The Kier molecular flexibility index (Phi) is 2.32. The topological polar surface area (TPSA) is 38.0 Å². The van der Waals surface area contributed by atoms with Crippen LogP contribution in [0.2, 0.25) is 0 Å². The third kappa shape index (κ3) is 1.67. The smallest absolute Gasteiger partial charge is 0.148 e. The molecule has 0 aromatic heterocycles. The van der Waals surface area contributed by atoms with E-state index < -0.39 is 0 Å². The molecule has 2 rings (SSSR count). The van der Waals surface area contributed by atoms with Crippen LogP contribution in [0.3, 0.4) is 0 Å². The molecule has 2 nitrogen and oxygen atoms in total. The Bertz CT molecular complexity index is 338. The molecule has 0 bridgehead atoms. The van der Waals surface area contributed by atoms with Crippen LogP contribution in [0, 0.1) is 11.7 Å². The van der Waals surface area contributed by atoms with Crippen LogP contribution in [-0.2, 0) is 0 Å². The van der Waals surface area contributed by atoms with Gasteiger partial charge >= 0.3 is 0 Å². The van der Waals surface area contributed by atoms with Gasteiger partial charge in [0.25, 0.3) is 0 Å². The quantitative estimate of drug-likeness (QED) is 0.710. The molecule has 2 atom stereocenters. The highest BCUT2D eigenvalue weighted by Gasteiger charge is 2.26. The van der Waals surface area contributed by atoms with Gasteiger partial charge in [0, 0.05) is 11.7 Å². The molecule has 0 saturated heterocycles. The average molecular weight is 194 g/mol. The highest BCUT2D eigenvalue weighted by Crippen LogP contribution is 2.30. The van der Waals surface area contributed by atoms with E-state index in [0.717, 1.165) is 6.42 Å². The summed E-state index contributed by atoms with van der Waals surface area (Å²) in [6.07, 6.45) is 2.36. The van der Waals surface area contributed by atoms with E-state index in [0.29, 0.717) is 23.3 Å². The average Bonchev–Trinajstić information content (AvgIpc) is 2.14. The van der Waals surface area contributed by atoms with Gasteiger partial charge in [-0.25, -0.2) is 4.39 Å². The number of anilines is 2. The van der Waals surface area contributed by atoms with Gasteiger partial charge in [0.15, 0.2) is 0 Å². The van der Waals surface area contributed by atoms with E-state index in [9.17, 15) is 4.39 Å². The first-order valence-electron chi connectivity index (χ1n) is 4.98. The van der Waals surface area contributed by atoms with Gasteiger partial charge in [-0.3, -0.25) is 0 Å². The van der Waals surface area contributed by atoms with Crippen LogP contribution in [-0.4, -0.2) is 6.04 Å². The van der Waals surface area contributed by atoms with E-state index in [1.54, 1.807) is 12.1 Å². The van der Waals surface area contributed by atoms with Gasteiger partial charge in [-0.15, -0.1) is 0 Å². The number of benzene rings is 1. The molecule has 0 amide bonds. The van der Waals surface area contributed by atoms with Gasteiger partial charge in [-0.2, -0.15) is 0 Å². The van der Waals surface area contributed by atoms with Crippen molar-refractivity contribution in [3.8, 4) is 0 Å². The fourth-order valence-electron chi connectivity index (χ4n) is 1.73. The summed E-state index contributed by atoms with van der Waals surface area (Å²) in [6.45, 7) is 2.18. The molecule has 0 heterocycles. The monoisotopic (exact) mass is 194 g/mol. The SMILES string of the molecule is CC1CCC1Nc1ccc(N)cc1F. The van der Waals surface area contributed by atoms with Gasteiger partial charge < -0.3 is 11.1 Å². The molecule has 0 aliphatic heterocycles. The molecular formula is C11H15FN2. The van der Waals surface area contributed by atoms with E-state index in [1.807, 2.05) is 0 Å². The van der Waals surface area contributed by atoms with E-state index in [2.05, 4.69) is 12.2 Å². The lowest BCUT2D eigenvalue weighted by Crippen LogP contribution is -2.36. The van der Waals surface area contributed by atoms with Crippen molar-refractivity contribution in [2.24, 2.45) is 5.92 Å². The molecule has 1 aromatic carbocycles. The Labute approximate surface area is 83.3 Å². The van der Waals surface area contributed by atoms with E-state index in [1.165, 1.54) is 12.5 Å². The van der Waals surface area contributed by atoms with Gasteiger partial charge in [0.05, 0.1) is 5.69 Å². The summed E-state index contributed by atoms with van der Waals surface area (Å²) in [7, 11) is 0. The van der Waals surface area contributed by atoms with Crippen LogP contribution in [0.4, 0.5) is 15.8 Å². The third-order valence-electron chi connectivity index (χ3n) is 2.95. The van der Waals surface area contributed by atoms with Crippen molar-refractivity contribution in [1.29, 1.82) is 0 Å². The van der Waals surface area contributed by atoms with Crippen LogP contribution in [0.5, 0.6) is 0 Å². The maximum atomic E-state index is 13.4. The molecule has 1 fully saturated rings. The summed E-state index contributed by atoms with van der Waals surface area (Å²) < 4.78 is 13.4. The molecule has 3 N–H and O–H groups in total. The second-order valence-corrected chi connectivity index (χ2v) is 4.04. The highest BCUT2D eigenvalue weighted by molar-refractivity contribution is 5.53. The van der Waals surface area contributed by atoms with Crippen LogP contribution >= 0.6 is 0 Å². The van der Waals surface area contributed by atoms with Crippen LogP contribution in [0.25, 0.3) is 0 Å². The molecule has 1 aliphatic rings. The van der Waals surface area contributed by atoms with Crippen molar-refractivity contribution in [2.45, 2.75) is 25.8 Å². The van der Waals surface area contributed by atoms with Crippen LogP contribution in [0.1, 0.15) is 19.8 Å². The van der Waals surface area contributed by atoms with E-state index >= 15 is 0 Å². The number of hydrogen-bond acceptors (Lipinski definition) is 2. The summed E-state index contributed by atoms with van der Waals surface area (Å²) in [4.78, 5) is 0. The summed E-state index contributed by atoms with van der Waals surface area (Å²) in [5, 5.41) is 3.19. The predicted octanol–water partition coefficient (Wildman–Crippen LogP) is 2.62. The molecule has 1 aromatic rings. The minimum Gasteiger partial charge on any atom is -0.399 e. The highest BCUT2D eigenvalue weighted by atomic mass is 19.1. The second-order valence-electron chi connectivity index (χ2n) is 4.04. The fourth-order valence-corrected chi connectivity index (χ4v) is 1.73. The maximum Gasteiger partial charge on any atom is 0.148 e. The largest absolute Gasteiger partial charge is 0.399 e. The van der Waals surface area contributed by atoms with Crippen molar-refractivity contribution in [3.05, 3.63) is 24.0 Å². The normalized spacial score (nSPS) is 25.6. The first kappa shape index (κ1) is 9.31. The van der Waals surface area contributed by atoms with Gasteiger partial charge in [0.2, 0.25) is 0 Å². The lowest BCUT2D eigenvalue weighted by atomic mass is 9.81. The zero-order chi connectivity index (χ0) is 10.1. The number of hydrogen-bond donors (Lipinski definition) is 2. The van der Waals surface area contributed by atoms with Crippen LogP contribution < -0.4 is 11.1 Å². The number of halogens is 1. The van der Waals surface area contributed by atoms with Crippen molar-refractivity contribution < 1.29 is 4.39 Å². The lowest BCUT2D eigenvalue weighted by Gasteiger charge is -2.35. The Morgan fingerprint density at radius 1 is 1.43 bits per heavy atom. The van der Waals surface area contributed by atoms with Crippen molar-refractivity contribution in [2.75, 3.05) is 11.1 Å². The summed E-state index contributed by atoms with van der Waals surface area (Å²) >= 11 is 0. The van der Waals surface area contributed by atoms with Crippen molar-refractivity contribution in [3.63, 3.8) is 0 Å². The Balaban J connectivity index is 2.09. The molecule has 2 unspecified atom stereocenters. The molecule has 76 valence electrons. The first-order valence-corrected chi connectivity index (χ1v) is 4.98. The summed E-state index contributed by atoms with van der Waals surface area (Å²) in [6, 6.07) is 5.20. The summed E-state index contributed by atoms with van der Waals surface area (Å²) in [5.74, 6) is 0.385. The van der Waals surface area contributed by atoms with Gasteiger partial charge in [-0.1, -0.05) is 6.92 Å². The van der Waals surface area contributed by atoms with Crippen molar-refractivity contribution >= 4 is 11.4 Å². The summed E-state index contributed by atoms with van der Waals surface area (Å²) in [5.41, 5.74) is 6.50. The van der Waals surface area contributed by atoms with E-state index in [4.69, 9.17) is 5.73 Å². The minimum atomic E-state index is -0.260. The zero-order valence-electron chi connectivity index (χ0n) is 8.26. The second kappa shape index (κ2) is 3.48. The standard InChI is InChI=1S/C11H15FN2/c1-7-2-4-10(7)14-11-5-3-8(13)6-9(11)12/h3,5-7,10,14H,2,4,13H2,1H3. The fraction of sp³-hybridized carbons (Fsp3) is 0.455. The van der Waals surface area contributed by atoms with Crippen molar-refractivity contribution in [1.82, 2.24) is 0 Å². The van der Waals surface area contributed by atoms with Crippen LogP contribution in [0.15, 0.2) is 18.2 Å². The Morgan fingerprint density at radius 3 is 2.71 bits per heavy atom. The lowest BCUT2D eigenvalue weighted by molar-refractivity contribution is 0.303. The number of nitrogen functional groups attached to an aromatic ring is 1. The molecule has 3 heteroatoms. The molecular weight excluding hydrogens is 179 g/mol. The maximum absolute atomic E-state index is 13.4. The minimum absolute atomic E-state index is 0.260.